The second-order valence-corrected chi connectivity index (χ2v) is 27.4. The summed E-state index contributed by atoms with van der Waals surface area (Å²) in [6, 6.07) is -1.03. The molecule has 0 aliphatic carbocycles. The molecule has 19 nitrogen and oxygen atoms in total. The third-order valence-electron chi connectivity index (χ3n) is 18.7. The van der Waals surface area contributed by atoms with Gasteiger partial charge in [0.1, 0.15) is 73.2 Å². The van der Waals surface area contributed by atoms with Crippen molar-refractivity contribution in [1.82, 2.24) is 5.32 Å². The number of allylic oxidation sites excluding steroid dienone is 21. The van der Waals surface area contributed by atoms with E-state index in [1.807, 2.05) is 6.08 Å². The van der Waals surface area contributed by atoms with Crippen LogP contribution in [-0.2, 0) is 33.2 Å². The highest BCUT2D eigenvalue weighted by atomic mass is 16.8. The van der Waals surface area contributed by atoms with Crippen LogP contribution in [0, 0.1) is 0 Å². The Balaban J connectivity index is 1.43. The molecule has 0 radical (unpaired) electrons. The standard InChI is InChI=1S/C83H139NO18/c1-3-5-7-9-11-13-15-17-19-21-23-25-27-29-31-32-33-35-36-38-40-42-44-46-48-50-52-54-56-58-60-67(88)66(84-71(89)61-59-57-55-53-51-49-47-45-43-41-39-37-34-30-28-26-24-22-20-18-16-14-12-10-8-6-4-2)65-97-81-77(95)74(92)79(69(63-86)99-81)102-83-78(96)75(93)80(70(64-87)100-83)101-82-76(94)73(91)72(90)68(62-85)98-82/h6,8,12,14,18,20,24,26,30,34,39,41-42,44-45,47,50-53,58,60,66-70,72-83,85-88,90-96H,3-5,7,9-11,13,15-17,19,21-23,25,27-29,31-33,35-38,40,43,46,48-49,54-57,59,61-65H2,1-2H3,(H,84,89)/b8-6-,14-12-,20-18-,26-24-,34-30-,41-39-,44-42+,47-45-,52-50+,53-51-,60-58+. The molecule has 3 heterocycles. The predicted octanol–water partition coefficient (Wildman–Crippen LogP) is 12.9. The van der Waals surface area contributed by atoms with Crippen LogP contribution in [0.1, 0.15) is 251 Å². The van der Waals surface area contributed by atoms with Gasteiger partial charge in [0.25, 0.3) is 0 Å². The number of aliphatic hydroxyl groups excluding tert-OH is 11. The monoisotopic (exact) mass is 1440 g/mol. The first-order valence-corrected chi connectivity index (χ1v) is 39.4. The summed E-state index contributed by atoms with van der Waals surface area (Å²) in [7, 11) is 0. The highest BCUT2D eigenvalue weighted by Crippen LogP contribution is 2.33. The van der Waals surface area contributed by atoms with Crippen LogP contribution in [0.2, 0.25) is 0 Å². The van der Waals surface area contributed by atoms with Crippen molar-refractivity contribution in [2.75, 3.05) is 26.4 Å². The van der Waals surface area contributed by atoms with Gasteiger partial charge in [-0.2, -0.15) is 0 Å². The summed E-state index contributed by atoms with van der Waals surface area (Å²) in [5, 5.41) is 121. The molecule has 0 saturated carbocycles. The van der Waals surface area contributed by atoms with Crippen molar-refractivity contribution in [3.8, 4) is 0 Å². The smallest absolute Gasteiger partial charge is 0.220 e. The summed E-state index contributed by atoms with van der Waals surface area (Å²) in [5.74, 6) is -0.336. The number of hydrogen-bond donors (Lipinski definition) is 12. The molecule has 0 spiro atoms. The third kappa shape index (κ3) is 41.7. The van der Waals surface area contributed by atoms with Gasteiger partial charge in [-0.15, -0.1) is 0 Å². The highest BCUT2D eigenvalue weighted by molar-refractivity contribution is 5.76. The van der Waals surface area contributed by atoms with Gasteiger partial charge in [0.15, 0.2) is 18.9 Å². The van der Waals surface area contributed by atoms with Crippen LogP contribution >= 0.6 is 0 Å². The Morgan fingerprint density at radius 3 is 1.10 bits per heavy atom. The Labute approximate surface area is 613 Å². The average Bonchev–Trinajstić information content (AvgIpc) is 0.782. The van der Waals surface area contributed by atoms with E-state index in [1.165, 1.54) is 128 Å². The van der Waals surface area contributed by atoms with Gasteiger partial charge in [0, 0.05) is 6.42 Å². The van der Waals surface area contributed by atoms with Crippen LogP contribution in [-0.4, -0.2) is 193 Å². The number of rotatable bonds is 60. The number of carbonyl (C=O) groups is 1. The summed E-state index contributed by atoms with van der Waals surface area (Å²) >= 11 is 0. The summed E-state index contributed by atoms with van der Waals surface area (Å²) in [6.07, 6.45) is 61.6. The van der Waals surface area contributed by atoms with Crippen LogP contribution in [0.25, 0.3) is 0 Å². The summed E-state index contributed by atoms with van der Waals surface area (Å²) in [5.41, 5.74) is 0. The minimum absolute atomic E-state index is 0.167. The minimum Gasteiger partial charge on any atom is -0.394 e. The minimum atomic E-state index is -2.00. The molecule has 17 atom stereocenters. The van der Waals surface area contributed by atoms with Gasteiger partial charge in [-0.3, -0.25) is 4.79 Å². The second kappa shape index (κ2) is 62.0. The van der Waals surface area contributed by atoms with Gasteiger partial charge in [-0.1, -0.05) is 270 Å². The van der Waals surface area contributed by atoms with Crippen molar-refractivity contribution in [2.24, 2.45) is 0 Å². The Morgan fingerprint density at radius 1 is 0.363 bits per heavy atom. The second-order valence-electron chi connectivity index (χ2n) is 27.4. The van der Waals surface area contributed by atoms with E-state index in [4.69, 9.17) is 28.4 Å². The highest BCUT2D eigenvalue weighted by Gasteiger charge is 2.53. The van der Waals surface area contributed by atoms with E-state index < -0.39 is 131 Å². The number of hydrogen-bond acceptors (Lipinski definition) is 18. The molecule has 1 amide bonds. The Bertz CT molecular complexity index is 2370. The number of ether oxygens (including phenoxy) is 6. The number of unbranched alkanes of at least 4 members (excludes halogenated alkanes) is 24. The largest absolute Gasteiger partial charge is 0.394 e. The van der Waals surface area contributed by atoms with E-state index in [0.29, 0.717) is 12.8 Å². The van der Waals surface area contributed by atoms with Gasteiger partial charge in [-0.05, 0) is 109 Å². The van der Waals surface area contributed by atoms with Gasteiger partial charge in [0.05, 0.1) is 38.6 Å². The van der Waals surface area contributed by atoms with Crippen LogP contribution in [0.3, 0.4) is 0 Å². The zero-order valence-electron chi connectivity index (χ0n) is 62.3. The van der Waals surface area contributed by atoms with Crippen LogP contribution in [0.4, 0.5) is 0 Å². The van der Waals surface area contributed by atoms with Crippen molar-refractivity contribution in [3.05, 3.63) is 134 Å². The van der Waals surface area contributed by atoms with Gasteiger partial charge >= 0.3 is 0 Å². The number of aliphatic hydroxyl groups is 11. The molecule has 0 aromatic rings. The normalized spacial score (nSPS) is 26.9. The fraction of sp³-hybridized carbons (Fsp3) is 0.723. The fourth-order valence-corrected chi connectivity index (χ4v) is 12.4. The van der Waals surface area contributed by atoms with Crippen molar-refractivity contribution in [3.63, 3.8) is 0 Å². The lowest BCUT2D eigenvalue weighted by molar-refractivity contribution is -0.379. The molecule has 3 saturated heterocycles. The Morgan fingerprint density at radius 2 is 0.686 bits per heavy atom. The quantitative estimate of drug-likeness (QED) is 0.0199. The first-order chi connectivity index (χ1) is 49.8. The molecule has 17 unspecified atom stereocenters. The van der Waals surface area contributed by atoms with E-state index in [2.05, 4.69) is 141 Å². The lowest BCUT2D eigenvalue weighted by atomic mass is 9.96. The molecule has 3 aliphatic rings. The molecular weight excluding hydrogens is 1300 g/mol. The first kappa shape index (κ1) is 92.1. The van der Waals surface area contributed by atoms with Crippen molar-refractivity contribution >= 4 is 5.91 Å². The molecule has 0 aromatic heterocycles. The molecule has 3 rings (SSSR count). The zero-order valence-corrected chi connectivity index (χ0v) is 62.3. The van der Waals surface area contributed by atoms with Crippen LogP contribution < -0.4 is 5.32 Å². The van der Waals surface area contributed by atoms with E-state index >= 15 is 0 Å². The molecule has 3 aliphatic heterocycles. The van der Waals surface area contributed by atoms with Crippen LogP contribution in [0.15, 0.2) is 134 Å². The SMILES string of the molecule is CC/C=C\C/C=C\C/C=C\C/C=C\C/C=C\C/C=C\C/C=C\C/C=C\CCCCC(=O)NC(COC1OC(CO)C(OC2OC(CO)C(OC3OC(CO)C(O)C(O)C3O)C(O)C2O)C(O)C1O)C(O)/C=C/CC/C=C/CC/C=C/CCCCCCCCCCCCCCCCCCCCCC. The summed E-state index contributed by atoms with van der Waals surface area (Å²) < 4.78 is 34.4. The van der Waals surface area contributed by atoms with Gasteiger partial charge in [0.2, 0.25) is 5.91 Å². The van der Waals surface area contributed by atoms with E-state index in [0.717, 1.165) is 89.9 Å². The van der Waals surface area contributed by atoms with E-state index in [1.54, 1.807) is 6.08 Å². The number of amides is 1. The molecule has 584 valence electrons. The van der Waals surface area contributed by atoms with Crippen molar-refractivity contribution in [1.29, 1.82) is 0 Å². The molecule has 0 aromatic carbocycles. The van der Waals surface area contributed by atoms with E-state index in [9.17, 15) is 61.0 Å². The Hall–Kier alpha value is -4.07. The topological polar surface area (TPSA) is 307 Å². The van der Waals surface area contributed by atoms with Gasteiger partial charge in [-0.25, -0.2) is 0 Å². The van der Waals surface area contributed by atoms with E-state index in [-0.39, 0.29) is 12.3 Å². The predicted molar refractivity (Wildman–Crippen MR) is 406 cm³/mol. The summed E-state index contributed by atoms with van der Waals surface area (Å²) in [6.45, 7) is 1.57. The molecular formula is C83H139NO18. The lowest BCUT2D eigenvalue weighted by Crippen LogP contribution is -2.66. The molecule has 19 heteroatoms. The number of nitrogens with one attached hydrogen (secondary N) is 1. The molecule has 12 N–H and O–H groups in total. The first-order valence-electron chi connectivity index (χ1n) is 39.4. The molecule has 0 bridgehead atoms. The maximum absolute atomic E-state index is 13.4. The zero-order chi connectivity index (χ0) is 73.9. The maximum Gasteiger partial charge on any atom is 0.220 e. The average molecular weight is 1440 g/mol. The fourth-order valence-electron chi connectivity index (χ4n) is 12.4. The summed E-state index contributed by atoms with van der Waals surface area (Å²) in [4.78, 5) is 13.4. The molecule has 102 heavy (non-hydrogen) atoms. The van der Waals surface area contributed by atoms with Gasteiger partial charge < -0.3 is 89.9 Å². The Kier molecular flexibility index (Phi) is 56.0. The molecule has 3 fully saturated rings. The maximum atomic E-state index is 13.4. The van der Waals surface area contributed by atoms with Crippen molar-refractivity contribution < 1.29 is 89.4 Å². The van der Waals surface area contributed by atoms with Crippen LogP contribution in [0.5, 0.6) is 0 Å². The third-order valence-corrected chi connectivity index (χ3v) is 18.7. The van der Waals surface area contributed by atoms with Crippen molar-refractivity contribution in [2.45, 2.75) is 356 Å². The number of carbonyl (C=O) groups excluding carboxylic acids is 1. The lowest BCUT2D eigenvalue weighted by Gasteiger charge is -2.48.